The van der Waals surface area contributed by atoms with E-state index in [1.165, 1.54) is 28.3 Å². The van der Waals surface area contributed by atoms with Crippen LogP contribution in [0.1, 0.15) is 25.0 Å². The third-order valence-electron chi connectivity index (χ3n) is 3.54. The van der Waals surface area contributed by atoms with Crippen molar-refractivity contribution in [2.24, 2.45) is 0 Å². The Morgan fingerprint density at radius 1 is 1.17 bits per heavy atom. The van der Waals surface area contributed by atoms with E-state index in [9.17, 15) is 14.7 Å². The van der Waals surface area contributed by atoms with Crippen LogP contribution in [0.3, 0.4) is 0 Å². The Bertz CT molecular complexity index is 795. The molecular weight excluding hydrogens is 302 g/mol. The molecule has 1 aromatic heterocycles. The van der Waals surface area contributed by atoms with E-state index in [-0.39, 0.29) is 23.5 Å². The van der Waals surface area contributed by atoms with Gasteiger partial charge in [-0.2, -0.15) is 0 Å². The minimum Gasteiger partial charge on any atom is -0.495 e. The number of carbonyl (C=O) groups excluding carboxylic acids is 1. The van der Waals surface area contributed by atoms with E-state index in [0.717, 1.165) is 0 Å². The zero-order valence-corrected chi connectivity index (χ0v) is 13.4. The highest BCUT2D eigenvalue weighted by Crippen LogP contribution is 2.39. The third kappa shape index (κ3) is 3.00. The highest BCUT2D eigenvalue weighted by atomic mass is 16.5. The van der Waals surface area contributed by atoms with Crippen LogP contribution in [-0.2, 0) is 4.79 Å². The fourth-order valence-electron chi connectivity index (χ4n) is 2.57. The highest BCUT2D eigenvalue weighted by molar-refractivity contribution is 5.93. The number of rotatable bonds is 6. The van der Waals surface area contributed by atoms with Gasteiger partial charge in [0.1, 0.15) is 11.5 Å². The van der Waals surface area contributed by atoms with Crippen molar-refractivity contribution < 1.29 is 24.1 Å². The van der Waals surface area contributed by atoms with Gasteiger partial charge in [-0.3, -0.25) is 9.59 Å². The molecule has 2 aromatic rings. The standard InChI is InChI=1S/C16H19NO6/c1-8(18)7-10(19)12-14(22-3)9-5-6-11(21-2)15(23-4)13(9)17-16(12)20/h5-6,10,19H,7H2,1-4H3,(H,17,20)/t10-/m1/s1. The summed E-state index contributed by atoms with van der Waals surface area (Å²) in [5.74, 6) is 0.785. The number of aromatic amines is 1. The molecule has 0 saturated carbocycles. The van der Waals surface area contributed by atoms with E-state index in [2.05, 4.69) is 4.98 Å². The number of aromatic nitrogens is 1. The molecule has 23 heavy (non-hydrogen) atoms. The number of hydrogen-bond donors (Lipinski definition) is 2. The predicted octanol–water partition coefficient (Wildman–Crippen LogP) is 1.57. The number of fused-ring (bicyclic) bond motifs is 1. The molecule has 0 amide bonds. The summed E-state index contributed by atoms with van der Waals surface area (Å²) in [6.45, 7) is 1.35. The van der Waals surface area contributed by atoms with Gasteiger partial charge >= 0.3 is 0 Å². The van der Waals surface area contributed by atoms with E-state index in [1.54, 1.807) is 12.1 Å². The Morgan fingerprint density at radius 3 is 2.35 bits per heavy atom. The number of aliphatic hydroxyl groups excluding tert-OH is 1. The number of hydrogen-bond acceptors (Lipinski definition) is 6. The molecule has 0 saturated heterocycles. The zero-order valence-electron chi connectivity index (χ0n) is 13.4. The van der Waals surface area contributed by atoms with Gasteiger partial charge in [-0.1, -0.05) is 0 Å². The normalized spacial score (nSPS) is 12.0. The van der Waals surface area contributed by atoms with Crippen molar-refractivity contribution in [1.29, 1.82) is 0 Å². The maximum Gasteiger partial charge on any atom is 0.258 e. The summed E-state index contributed by atoms with van der Waals surface area (Å²) in [5.41, 5.74) is -0.135. The van der Waals surface area contributed by atoms with E-state index in [0.29, 0.717) is 22.4 Å². The van der Waals surface area contributed by atoms with Crippen molar-refractivity contribution in [2.75, 3.05) is 21.3 Å². The van der Waals surface area contributed by atoms with Crippen LogP contribution in [-0.4, -0.2) is 37.2 Å². The van der Waals surface area contributed by atoms with Crippen LogP contribution < -0.4 is 19.8 Å². The number of benzene rings is 1. The Labute approximate surface area is 132 Å². The zero-order chi connectivity index (χ0) is 17.1. The SMILES string of the molecule is COc1ccc2c(OC)c([C@H](O)CC(C)=O)c(=O)[nH]c2c1OC. The summed E-state index contributed by atoms with van der Waals surface area (Å²) in [4.78, 5) is 26.3. The number of ether oxygens (including phenoxy) is 3. The Kier molecular flexibility index (Phi) is 4.90. The number of pyridine rings is 1. The van der Waals surface area contributed by atoms with Gasteiger partial charge in [0.2, 0.25) is 0 Å². The van der Waals surface area contributed by atoms with Crippen LogP contribution in [0.15, 0.2) is 16.9 Å². The Hall–Kier alpha value is -2.54. The van der Waals surface area contributed by atoms with Gasteiger partial charge in [0.05, 0.1) is 38.5 Å². The summed E-state index contributed by atoms with van der Waals surface area (Å²) >= 11 is 0. The van der Waals surface area contributed by atoms with Gasteiger partial charge in [-0.15, -0.1) is 0 Å². The van der Waals surface area contributed by atoms with Crippen molar-refractivity contribution >= 4 is 16.7 Å². The largest absolute Gasteiger partial charge is 0.495 e. The quantitative estimate of drug-likeness (QED) is 0.838. The average Bonchev–Trinajstić information content (AvgIpc) is 2.51. The minimum absolute atomic E-state index is 0.0161. The van der Waals surface area contributed by atoms with Crippen LogP contribution in [0.25, 0.3) is 10.9 Å². The number of methoxy groups -OCH3 is 3. The molecule has 0 spiro atoms. The van der Waals surface area contributed by atoms with Crippen molar-refractivity contribution in [3.8, 4) is 17.2 Å². The van der Waals surface area contributed by atoms with Crippen LogP contribution in [0.4, 0.5) is 0 Å². The molecule has 2 N–H and O–H groups in total. The number of carbonyl (C=O) groups is 1. The van der Waals surface area contributed by atoms with E-state index < -0.39 is 11.7 Å². The number of ketones is 1. The van der Waals surface area contributed by atoms with Crippen LogP contribution in [0.5, 0.6) is 17.2 Å². The lowest BCUT2D eigenvalue weighted by Gasteiger charge is -2.17. The average molecular weight is 321 g/mol. The molecule has 0 aliphatic carbocycles. The first kappa shape index (κ1) is 16.8. The number of H-pyrrole nitrogens is 1. The first-order chi connectivity index (χ1) is 10.9. The first-order valence-electron chi connectivity index (χ1n) is 6.96. The molecule has 0 unspecified atom stereocenters. The maximum absolute atomic E-state index is 12.4. The Balaban J connectivity index is 2.80. The lowest BCUT2D eigenvalue weighted by atomic mass is 10.0. The lowest BCUT2D eigenvalue weighted by molar-refractivity contribution is -0.118. The molecule has 2 rings (SSSR count). The van der Waals surface area contributed by atoms with Crippen molar-refractivity contribution in [2.45, 2.75) is 19.4 Å². The van der Waals surface area contributed by atoms with Crippen LogP contribution in [0.2, 0.25) is 0 Å². The third-order valence-corrected chi connectivity index (χ3v) is 3.54. The molecule has 0 aliphatic rings. The number of Topliss-reactive ketones (excluding diaryl/α,β-unsaturated/α-hetero) is 1. The molecule has 0 fully saturated rings. The molecule has 7 heteroatoms. The van der Waals surface area contributed by atoms with Crippen molar-refractivity contribution in [3.05, 3.63) is 28.0 Å². The monoisotopic (exact) mass is 321 g/mol. The van der Waals surface area contributed by atoms with E-state index in [1.807, 2.05) is 0 Å². The van der Waals surface area contributed by atoms with Gasteiger partial charge < -0.3 is 24.3 Å². The summed E-state index contributed by atoms with van der Waals surface area (Å²) in [6, 6.07) is 3.36. The topological polar surface area (TPSA) is 97.9 Å². The second-order valence-electron chi connectivity index (χ2n) is 5.05. The van der Waals surface area contributed by atoms with Crippen molar-refractivity contribution in [3.63, 3.8) is 0 Å². The summed E-state index contributed by atoms with van der Waals surface area (Å²) in [5, 5.41) is 10.7. The lowest BCUT2D eigenvalue weighted by Crippen LogP contribution is -2.20. The number of aliphatic hydroxyl groups is 1. The van der Waals surface area contributed by atoms with Gasteiger partial charge in [-0.05, 0) is 19.1 Å². The number of nitrogens with one attached hydrogen (secondary N) is 1. The van der Waals surface area contributed by atoms with Crippen LogP contribution >= 0.6 is 0 Å². The second-order valence-corrected chi connectivity index (χ2v) is 5.05. The molecule has 0 aliphatic heterocycles. The second kappa shape index (κ2) is 6.70. The minimum atomic E-state index is -1.25. The van der Waals surface area contributed by atoms with Gasteiger partial charge in [-0.25, -0.2) is 0 Å². The maximum atomic E-state index is 12.4. The van der Waals surface area contributed by atoms with Gasteiger partial charge in [0, 0.05) is 11.8 Å². The van der Waals surface area contributed by atoms with E-state index >= 15 is 0 Å². The van der Waals surface area contributed by atoms with Gasteiger partial charge in [0.15, 0.2) is 11.5 Å². The first-order valence-corrected chi connectivity index (χ1v) is 6.96. The molecule has 7 nitrogen and oxygen atoms in total. The molecule has 0 bridgehead atoms. The fraction of sp³-hybridized carbons (Fsp3) is 0.375. The molecule has 0 radical (unpaired) electrons. The van der Waals surface area contributed by atoms with Crippen LogP contribution in [0, 0.1) is 0 Å². The molecule has 1 heterocycles. The summed E-state index contributed by atoms with van der Waals surface area (Å²) in [7, 11) is 4.35. The van der Waals surface area contributed by atoms with Gasteiger partial charge in [0.25, 0.3) is 5.56 Å². The van der Waals surface area contributed by atoms with E-state index in [4.69, 9.17) is 14.2 Å². The Morgan fingerprint density at radius 2 is 1.83 bits per heavy atom. The molecule has 1 aromatic carbocycles. The smallest absolute Gasteiger partial charge is 0.258 e. The highest BCUT2D eigenvalue weighted by Gasteiger charge is 2.24. The molecular formula is C16H19NO6. The summed E-state index contributed by atoms with van der Waals surface area (Å²) in [6.07, 6.45) is -1.41. The summed E-state index contributed by atoms with van der Waals surface area (Å²) < 4.78 is 15.8. The van der Waals surface area contributed by atoms with Crippen molar-refractivity contribution in [1.82, 2.24) is 4.98 Å². The molecule has 124 valence electrons. The fourth-order valence-corrected chi connectivity index (χ4v) is 2.57. The predicted molar refractivity (Wildman–Crippen MR) is 84.5 cm³/mol. The molecule has 1 atom stereocenters.